The Morgan fingerprint density at radius 3 is 2.64 bits per heavy atom. The first-order valence-corrected chi connectivity index (χ1v) is 8.52. The molecule has 4 rings (SSSR count). The van der Waals surface area contributed by atoms with Crippen molar-refractivity contribution in [1.82, 2.24) is 10.3 Å². The van der Waals surface area contributed by atoms with Crippen LogP contribution in [-0.4, -0.2) is 35.1 Å². The van der Waals surface area contributed by atoms with Crippen molar-refractivity contribution >= 4 is 23.3 Å². The summed E-state index contributed by atoms with van der Waals surface area (Å²) >= 11 is 6.10. The zero-order chi connectivity index (χ0) is 17.6. The number of nitrogens with zero attached hydrogens (tertiary/aromatic N) is 2. The molecule has 1 aliphatic heterocycles. The van der Waals surface area contributed by atoms with Gasteiger partial charge < -0.3 is 15.3 Å². The van der Waals surface area contributed by atoms with Crippen molar-refractivity contribution in [2.75, 3.05) is 18.0 Å². The molecule has 0 spiro atoms. The predicted octanol–water partition coefficient (Wildman–Crippen LogP) is 2.47. The highest BCUT2D eigenvalue weighted by Crippen LogP contribution is 2.35. The second-order valence-corrected chi connectivity index (χ2v) is 7.07. The summed E-state index contributed by atoms with van der Waals surface area (Å²) in [6.45, 7) is 0.633. The van der Waals surface area contributed by atoms with Crippen LogP contribution in [0.4, 0.5) is 10.2 Å². The van der Waals surface area contributed by atoms with Gasteiger partial charge >= 0.3 is 0 Å². The number of amides is 1. The molecule has 2 aliphatic rings. The molecule has 0 atom stereocenters. The van der Waals surface area contributed by atoms with Gasteiger partial charge in [-0.15, -0.1) is 0 Å². The first kappa shape index (κ1) is 16.3. The van der Waals surface area contributed by atoms with E-state index in [1.54, 1.807) is 18.2 Å². The quantitative estimate of drug-likeness (QED) is 0.878. The number of β-amino-alcohol motifs (C(OH)–C–C–N with tert-alkyl or cyclic N) is 1. The van der Waals surface area contributed by atoms with Crippen LogP contribution in [0.3, 0.4) is 0 Å². The molecule has 2 N–H and O–H groups in total. The zero-order valence-corrected chi connectivity index (χ0v) is 14.1. The number of benzene rings is 1. The zero-order valence-electron chi connectivity index (χ0n) is 13.4. The molecule has 1 aromatic heterocycles. The van der Waals surface area contributed by atoms with Gasteiger partial charge in [0.2, 0.25) is 0 Å². The van der Waals surface area contributed by atoms with Crippen molar-refractivity contribution in [3.05, 3.63) is 58.5 Å². The number of anilines is 1. The highest BCUT2D eigenvalue weighted by molar-refractivity contribution is 6.33. The van der Waals surface area contributed by atoms with Crippen molar-refractivity contribution in [2.24, 2.45) is 0 Å². The van der Waals surface area contributed by atoms with Gasteiger partial charge in [-0.05, 0) is 36.6 Å². The first-order valence-electron chi connectivity index (χ1n) is 8.14. The lowest BCUT2D eigenvalue weighted by atomic mass is 9.86. The smallest absolute Gasteiger partial charge is 0.253 e. The van der Waals surface area contributed by atoms with Gasteiger partial charge in [0.25, 0.3) is 5.91 Å². The number of nitrogens with one attached hydrogen (secondary N) is 1. The standard InChI is InChI=1S/C18H17ClFN3O2/c19-15-8-21-16(7-14(15)17(24)22-13-5-6-13)23-9-18(25,10-23)11-1-3-12(20)4-2-11/h1-4,7-8,13,25H,5-6,9-10H2,(H,22,24). The van der Waals surface area contributed by atoms with Crippen LogP contribution in [-0.2, 0) is 5.60 Å². The van der Waals surface area contributed by atoms with E-state index < -0.39 is 5.60 Å². The predicted molar refractivity (Wildman–Crippen MR) is 92.2 cm³/mol. The average molecular weight is 362 g/mol. The molecule has 1 aliphatic carbocycles. The van der Waals surface area contributed by atoms with Crippen LogP contribution in [0.15, 0.2) is 36.5 Å². The van der Waals surface area contributed by atoms with Crippen LogP contribution in [0.2, 0.25) is 5.02 Å². The Balaban J connectivity index is 1.50. The van der Waals surface area contributed by atoms with E-state index in [2.05, 4.69) is 10.3 Å². The van der Waals surface area contributed by atoms with Crippen molar-refractivity contribution < 1.29 is 14.3 Å². The molecule has 1 amide bonds. The maximum atomic E-state index is 13.0. The highest BCUT2D eigenvalue weighted by atomic mass is 35.5. The van der Waals surface area contributed by atoms with Crippen LogP contribution in [0, 0.1) is 5.82 Å². The lowest BCUT2D eigenvalue weighted by Crippen LogP contribution is -2.59. The summed E-state index contributed by atoms with van der Waals surface area (Å²) in [6.07, 6.45) is 3.45. The lowest BCUT2D eigenvalue weighted by Gasteiger charge is -2.47. The number of rotatable bonds is 4. The van der Waals surface area contributed by atoms with Gasteiger partial charge in [0.15, 0.2) is 0 Å². The minimum absolute atomic E-state index is 0.203. The Kier molecular flexibility index (Phi) is 3.89. The molecule has 0 bridgehead atoms. The van der Waals surface area contributed by atoms with Crippen molar-refractivity contribution in [2.45, 2.75) is 24.5 Å². The maximum Gasteiger partial charge on any atom is 0.253 e. The Morgan fingerprint density at radius 2 is 2.00 bits per heavy atom. The minimum Gasteiger partial charge on any atom is -0.381 e. The third kappa shape index (κ3) is 3.19. The first-order chi connectivity index (χ1) is 11.9. The van der Waals surface area contributed by atoms with Crippen molar-refractivity contribution in [1.29, 1.82) is 0 Å². The molecule has 7 heteroatoms. The number of carbonyl (C=O) groups is 1. The van der Waals surface area contributed by atoms with Gasteiger partial charge in [-0.3, -0.25) is 4.79 Å². The van der Waals surface area contributed by atoms with Gasteiger partial charge in [0, 0.05) is 12.2 Å². The van der Waals surface area contributed by atoms with Crippen LogP contribution >= 0.6 is 11.6 Å². The van der Waals surface area contributed by atoms with E-state index in [0.29, 0.717) is 35.1 Å². The van der Waals surface area contributed by atoms with E-state index in [9.17, 15) is 14.3 Å². The molecular weight excluding hydrogens is 345 g/mol. The number of pyridine rings is 1. The number of aromatic nitrogens is 1. The summed E-state index contributed by atoms with van der Waals surface area (Å²) in [4.78, 5) is 18.4. The Labute approximate surface area is 149 Å². The van der Waals surface area contributed by atoms with Gasteiger partial charge in [-0.1, -0.05) is 23.7 Å². The maximum absolute atomic E-state index is 13.0. The second kappa shape index (κ2) is 5.97. The van der Waals surface area contributed by atoms with Gasteiger partial charge in [-0.25, -0.2) is 9.37 Å². The molecule has 2 fully saturated rings. The lowest BCUT2D eigenvalue weighted by molar-refractivity contribution is 0.00701. The fourth-order valence-electron chi connectivity index (χ4n) is 2.96. The number of aliphatic hydroxyl groups is 1. The summed E-state index contributed by atoms with van der Waals surface area (Å²) < 4.78 is 13.0. The monoisotopic (exact) mass is 361 g/mol. The summed E-state index contributed by atoms with van der Waals surface area (Å²) in [5, 5.41) is 13.9. The molecule has 130 valence electrons. The Bertz CT molecular complexity index is 818. The molecule has 1 aromatic carbocycles. The molecule has 2 heterocycles. The number of hydrogen-bond acceptors (Lipinski definition) is 4. The summed E-state index contributed by atoms with van der Waals surface area (Å²) in [6, 6.07) is 7.71. The molecular formula is C18H17ClFN3O2. The molecule has 0 unspecified atom stereocenters. The van der Waals surface area contributed by atoms with E-state index >= 15 is 0 Å². The Hall–Kier alpha value is -2.18. The largest absolute Gasteiger partial charge is 0.381 e. The fourth-order valence-corrected chi connectivity index (χ4v) is 3.14. The number of halogens is 2. The van der Waals surface area contributed by atoms with Gasteiger partial charge in [0.05, 0.1) is 23.7 Å². The topological polar surface area (TPSA) is 65.5 Å². The number of carbonyl (C=O) groups excluding carboxylic acids is 1. The molecule has 1 saturated heterocycles. The highest BCUT2D eigenvalue weighted by Gasteiger charge is 2.43. The third-order valence-corrected chi connectivity index (χ3v) is 4.91. The molecule has 2 aromatic rings. The van der Waals surface area contributed by atoms with E-state index in [-0.39, 0.29) is 17.8 Å². The summed E-state index contributed by atoms with van der Waals surface area (Å²) in [5.41, 5.74) is -0.00700. The van der Waals surface area contributed by atoms with Crippen LogP contribution in [0.5, 0.6) is 0 Å². The average Bonchev–Trinajstić information content (AvgIpc) is 3.37. The molecule has 1 saturated carbocycles. The van der Waals surface area contributed by atoms with Crippen LogP contribution in [0.25, 0.3) is 0 Å². The van der Waals surface area contributed by atoms with E-state index in [1.165, 1.54) is 18.3 Å². The minimum atomic E-state index is -1.05. The van der Waals surface area contributed by atoms with E-state index in [4.69, 9.17) is 11.6 Å². The SMILES string of the molecule is O=C(NC1CC1)c1cc(N2CC(O)(c3ccc(F)cc3)C2)ncc1Cl. The van der Waals surface area contributed by atoms with Crippen LogP contribution < -0.4 is 10.2 Å². The van der Waals surface area contributed by atoms with Crippen molar-refractivity contribution in [3.8, 4) is 0 Å². The molecule has 0 radical (unpaired) electrons. The van der Waals surface area contributed by atoms with Crippen molar-refractivity contribution in [3.63, 3.8) is 0 Å². The number of hydrogen-bond donors (Lipinski definition) is 2. The summed E-state index contributed by atoms with van der Waals surface area (Å²) in [7, 11) is 0. The normalized spacial score (nSPS) is 18.6. The molecule has 5 nitrogen and oxygen atoms in total. The van der Waals surface area contributed by atoms with Gasteiger partial charge in [-0.2, -0.15) is 0 Å². The summed E-state index contributed by atoms with van der Waals surface area (Å²) in [5.74, 6) is 0.0387. The van der Waals surface area contributed by atoms with E-state index in [0.717, 1.165) is 12.8 Å². The van der Waals surface area contributed by atoms with E-state index in [1.807, 2.05) is 4.90 Å². The van der Waals surface area contributed by atoms with Crippen LogP contribution in [0.1, 0.15) is 28.8 Å². The fraction of sp³-hybridized carbons (Fsp3) is 0.333. The molecule has 25 heavy (non-hydrogen) atoms. The third-order valence-electron chi connectivity index (χ3n) is 4.61. The second-order valence-electron chi connectivity index (χ2n) is 6.66. The Morgan fingerprint density at radius 1 is 1.32 bits per heavy atom. The van der Waals surface area contributed by atoms with Gasteiger partial charge in [0.1, 0.15) is 17.2 Å².